The number of hydrogen-bond acceptors (Lipinski definition) is 4. The molecule has 7 heteroatoms. The Hall–Kier alpha value is -1.60. The molecule has 0 bridgehead atoms. The molecule has 2 atom stereocenters. The maximum Gasteiger partial charge on any atom is 0.323 e. The molecule has 1 fully saturated rings. The number of aromatic nitrogens is 2. The zero-order valence-electron chi connectivity index (χ0n) is 7.80. The number of rotatable bonds is 1. The van der Waals surface area contributed by atoms with Gasteiger partial charge in [0.2, 0.25) is 0 Å². The molecule has 2 rings (SSSR count). The van der Waals surface area contributed by atoms with E-state index < -0.39 is 23.8 Å². The molecule has 2 heterocycles. The van der Waals surface area contributed by atoms with Crippen molar-refractivity contribution in [1.29, 1.82) is 0 Å². The predicted molar refractivity (Wildman–Crippen MR) is 49.3 cm³/mol. The average Bonchev–Trinajstić information content (AvgIpc) is 2.74. The Labute approximate surface area is 84.4 Å². The summed E-state index contributed by atoms with van der Waals surface area (Å²) in [6, 6.07) is 0. The first-order valence-electron chi connectivity index (χ1n) is 4.51. The van der Waals surface area contributed by atoms with Gasteiger partial charge in [-0.15, -0.1) is 0 Å². The topological polar surface area (TPSA) is 109 Å². The van der Waals surface area contributed by atoms with Crippen LogP contribution >= 0.6 is 0 Å². The van der Waals surface area contributed by atoms with Gasteiger partial charge in [-0.1, -0.05) is 0 Å². The molecule has 1 saturated heterocycles. The highest BCUT2D eigenvalue weighted by Crippen LogP contribution is 2.12. The Morgan fingerprint density at radius 1 is 1.40 bits per heavy atom. The Morgan fingerprint density at radius 2 is 2.00 bits per heavy atom. The van der Waals surface area contributed by atoms with Crippen molar-refractivity contribution in [2.75, 3.05) is 13.1 Å². The Bertz CT molecular complexity index is 414. The van der Waals surface area contributed by atoms with E-state index >= 15 is 0 Å². The molecule has 0 radical (unpaired) electrons. The van der Waals surface area contributed by atoms with Gasteiger partial charge in [-0.25, -0.2) is 4.79 Å². The monoisotopic (exact) mass is 213 g/mol. The second kappa shape index (κ2) is 3.52. The van der Waals surface area contributed by atoms with E-state index in [-0.39, 0.29) is 18.8 Å². The minimum absolute atomic E-state index is 0.0766. The van der Waals surface area contributed by atoms with E-state index in [1.54, 1.807) is 0 Å². The summed E-state index contributed by atoms with van der Waals surface area (Å²) in [6.45, 7) is 0.153. The molecule has 2 unspecified atom stereocenters. The van der Waals surface area contributed by atoms with E-state index in [4.69, 9.17) is 0 Å². The highest BCUT2D eigenvalue weighted by Gasteiger charge is 2.33. The number of aromatic amines is 2. The van der Waals surface area contributed by atoms with Crippen LogP contribution in [0.2, 0.25) is 0 Å². The van der Waals surface area contributed by atoms with Crippen LogP contribution in [-0.4, -0.2) is 56.3 Å². The van der Waals surface area contributed by atoms with E-state index in [9.17, 15) is 19.8 Å². The normalized spacial score (nSPS) is 25.9. The molecule has 0 aromatic carbocycles. The first-order chi connectivity index (χ1) is 7.08. The number of carbonyl (C=O) groups is 1. The van der Waals surface area contributed by atoms with E-state index in [1.807, 2.05) is 0 Å². The SMILES string of the molecule is O=C(c1c[nH]c(=O)[nH]1)N1CC(O)C(O)C1. The van der Waals surface area contributed by atoms with Crippen LogP contribution in [0.15, 0.2) is 11.0 Å². The molecule has 15 heavy (non-hydrogen) atoms. The zero-order valence-corrected chi connectivity index (χ0v) is 7.80. The fourth-order valence-corrected chi connectivity index (χ4v) is 1.55. The lowest BCUT2D eigenvalue weighted by atomic mass is 10.3. The van der Waals surface area contributed by atoms with Crippen molar-refractivity contribution in [1.82, 2.24) is 14.9 Å². The van der Waals surface area contributed by atoms with Crippen LogP contribution in [0.4, 0.5) is 0 Å². The molecule has 1 aliphatic heterocycles. The minimum Gasteiger partial charge on any atom is -0.388 e. The molecule has 0 aliphatic carbocycles. The van der Waals surface area contributed by atoms with Gasteiger partial charge in [-0.05, 0) is 0 Å². The van der Waals surface area contributed by atoms with Crippen LogP contribution in [0.5, 0.6) is 0 Å². The summed E-state index contributed by atoms with van der Waals surface area (Å²) in [4.78, 5) is 28.3. The maximum absolute atomic E-state index is 11.7. The van der Waals surface area contributed by atoms with Crippen LogP contribution in [0.25, 0.3) is 0 Å². The summed E-state index contributed by atoms with van der Waals surface area (Å²) in [5.74, 6) is -0.413. The molecule has 1 aromatic rings. The van der Waals surface area contributed by atoms with Crippen LogP contribution in [0.1, 0.15) is 10.5 Å². The predicted octanol–water partition coefficient (Wildman–Crippen LogP) is -2.12. The van der Waals surface area contributed by atoms with Crippen molar-refractivity contribution in [2.45, 2.75) is 12.2 Å². The van der Waals surface area contributed by atoms with Gasteiger partial charge in [0.05, 0.1) is 12.2 Å². The average molecular weight is 213 g/mol. The van der Waals surface area contributed by atoms with Gasteiger partial charge in [-0.3, -0.25) is 4.79 Å². The lowest BCUT2D eigenvalue weighted by molar-refractivity contribution is 0.0572. The number of β-amino-alcohol motifs (C(OH)–C–C–N with tert-alkyl or cyclic N) is 2. The number of aliphatic hydroxyl groups excluding tert-OH is 2. The fourth-order valence-electron chi connectivity index (χ4n) is 1.55. The summed E-state index contributed by atoms with van der Waals surface area (Å²) in [5.41, 5.74) is -0.333. The molecule has 0 saturated carbocycles. The lowest BCUT2D eigenvalue weighted by Gasteiger charge is -2.13. The molecule has 1 amide bonds. The summed E-state index contributed by atoms with van der Waals surface area (Å²) in [6.07, 6.45) is -0.568. The summed E-state index contributed by atoms with van der Waals surface area (Å²) < 4.78 is 0. The van der Waals surface area contributed by atoms with E-state index in [2.05, 4.69) is 9.97 Å². The molecular weight excluding hydrogens is 202 g/mol. The van der Waals surface area contributed by atoms with Gasteiger partial charge >= 0.3 is 5.69 Å². The van der Waals surface area contributed by atoms with Crippen molar-refractivity contribution in [3.05, 3.63) is 22.4 Å². The zero-order chi connectivity index (χ0) is 11.0. The fraction of sp³-hybridized carbons (Fsp3) is 0.500. The Balaban J connectivity index is 2.13. The van der Waals surface area contributed by atoms with Crippen LogP contribution in [0.3, 0.4) is 0 Å². The van der Waals surface area contributed by atoms with E-state index in [0.29, 0.717) is 0 Å². The molecule has 4 N–H and O–H groups in total. The van der Waals surface area contributed by atoms with Gasteiger partial charge in [0.25, 0.3) is 5.91 Å². The number of hydrogen-bond donors (Lipinski definition) is 4. The van der Waals surface area contributed by atoms with E-state index in [0.717, 1.165) is 0 Å². The highest BCUT2D eigenvalue weighted by molar-refractivity contribution is 5.92. The molecule has 1 aliphatic rings. The van der Waals surface area contributed by atoms with Gasteiger partial charge in [0.15, 0.2) is 0 Å². The third kappa shape index (κ3) is 1.79. The van der Waals surface area contributed by atoms with Crippen LogP contribution < -0.4 is 5.69 Å². The Morgan fingerprint density at radius 3 is 2.47 bits per heavy atom. The largest absolute Gasteiger partial charge is 0.388 e. The number of amides is 1. The first-order valence-corrected chi connectivity index (χ1v) is 4.51. The third-order valence-corrected chi connectivity index (χ3v) is 2.37. The number of nitrogens with zero attached hydrogens (tertiary/aromatic N) is 1. The smallest absolute Gasteiger partial charge is 0.323 e. The first kappa shape index (κ1) is 9.94. The number of imidazole rings is 1. The van der Waals surface area contributed by atoms with Crippen molar-refractivity contribution in [3.8, 4) is 0 Å². The highest BCUT2D eigenvalue weighted by atomic mass is 16.3. The van der Waals surface area contributed by atoms with Crippen molar-refractivity contribution in [3.63, 3.8) is 0 Å². The number of likely N-dealkylation sites (tertiary alicyclic amines) is 1. The Kier molecular flexibility index (Phi) is 2.33. The summed E-state index contributed by atoms with van der Waals surface area (Å²) in [7, 11) is 0. The molecule has 82 valence electrons. The molecule has 7 nitrogen and oxygen atoms in total. The number of carbonyl (C=O) groups excluding carboxylic acids is 1. The molecule has 1 aromatic heterocycles. The van der Waals surface area contributed by atoms with Crippen molar-refractivity contribution in [2.24, 2.45) is 0 Å². The number of aliphatic hydroxyl groups is 2. The second-order valence-corrected chi connectivity index (χ2v) is 3.50. The van der Waals surface area contributed by atoms with Crippen molar-refractivity contribution >= 4 is 5.91 Å². The quantitative estimate of drug-likeness (QED) is 0.427. The van der Waals surface area contributed by atoms with Crippen LogP contribution in [0, 0.1) is 0 Å². The molecule has 0 spiro atoms. The van der Waals surface area contributed by atoms with Gasteiger partial charge < -0.3 is 25.1 Å². The van der Waals surface area contributed by atoms with Gasteiger partial charge in [0, 0.05) is 19.3 Å². The summed E-state index contributed by atoms with van der Waals surface area (Å²) >= 11 is 0. The standard InChI is InChI=1S/C8H11N3O4/c12-5-2-11(3-6(5)13)7(14)4-1-9-8(15)10-4/h1,5-6,12-13H,2-3H2,(H2,9,10,15). The summed E-state index contributed by atoms with van der Waals surface area (Å²) in [5, 5.41) is 18.5. The van der Waals surface area contributed by atoms with E-state index in [1.165, 1.54) is 11.1 Å². The third-order valence-electron chi connectivity index (χ3n) is 2.37. The van der Waals surface area contributed by atoms with Crippen molar-refractivity contribution < 1.29 is 15.0 Å². The second-order valence-electron chi connectivity index (χ2n) is 3.50. The molecular formula is C8H11N3O4. The van der Waals surface area contributed by atoms with Gasteiger partial charge in [0.1, 0.15) is 5.69 Å². The van der Waals surface area contributed by atoms with Gasteiger partial charge in [-0.2, -0.15) is 0 Å². The van der Waals surface area contributed by atoms with Crippen LogP contribution in [-0.2, 0) is 0 Å². The number of H-pyrrole nitrogens is 2. The lowest BCUT2D eigenvalue weighted by Crippen LogP contribution is -2.30. The minimum atomic E-state index is -0.917. The number of nitrogens with one attached hydrogen (secondary N) is 2. The maximum atomic E-state index is 11.7.